The first-order chi connectivity index (χ1) is 18.5. The number of benzene rings is 2. The number of rotatable bonds is 11. The lowest BCUT2D eigenvalue weighted by atomic mass is 9.76. The summed E-state index contributed by atoms with van der Waals surface area (Å²) in [6, 6.07) is 15.4. The first-order valence-corrected chi connectivity index (χ1v) is 15.4. The summed E-state index contributed by atoms with van der Waals surface area (Å²) in [5.74, 6) is 0.871. The Morgan fingerprint density at radius 1 is 1.00 bits per heavy atom. The summed E-state index contributed by atoms with van der Waals surface area (Å²) in [6.07, 6.45) is 6.26. The number of nitrogens with zero attached hydrogens (tertiary/aromatic N) is 2. The van der Waals surface area contributed by atoms with Gasteiger partial charge in [0.1, 0.15) is 6.61 Å². The van der Waals surface area contributed by atoms with Gasteiger partial charge in [0.2, 0.25) is 11.8 Å². The second-order valence-corrected chi connectivity index (χ2v) is 13.7. The number of sulfonamides is 1. The third-order valence-corrected chi connectivity index (χ3v) is 9.27. The van der Waals surface area contributed by atoms with Crippen molar-refractivity contribution in [3.05, 3.63) is 65.2 Å². The number of nitrogens with one attached hydrogen (secondary N) is 2. The minimum Gasteiger partial charge on any atom is -0.476 e. The molecule has 5 rings (SSSR count). The fourth-order valence-electron chi connectivity index (χ4n) is 5.81. The molecular formula is C31H41ClN4O3S. The highest BCUT2D eigenvalue weighted by Gasteiger charge is 2.53. The molecule has 0 aliphatic heterocycles. The van der Waals surface area contributed by atoms with E-state index in [0.717, 1.165) is 28.7 Å². The molecule has 7 nitrogen and oxygen atoms in total. The van der Waals surface area contributed by atoms with E-state index >= 15 is 0 Å². The predicted octanol–water partition coefficient (Wildman–Crippen LogP) is 6.62. The third kappa shape index (κ3) is 7.14. The van der Waals surface area contributed by atoms with Crippen molar-refractivity contribution < 1.29 is 13.2 Å². The Bertz CT molecular complexity index is 1430. The minimum absolute atomic E-state index is 0. The van der Waals surface area contributed by atoms with E-state index in [1.165, 1.54) is 25.7 Å². The molecule has 216 valence electrons. The number of ether oxygens (including phenoxy) is 1. The van der Waals surface area contributed by atoms with Crippen LogP contribution in [0.4, 0.5) is 5.95 Å². The lowest BCUT2D eigenvalue weighted by Crippen LogP contribution is -2.49. The Kier molecular flexibility index (Phi) is 9.12. The molecule has 2 aromatic carbocycles. The van der Waals surface area contributed by atoms with E-state index in [4.69, 9.17) is 4.74 Å². The van der Waals surface area contributed by atoms with Crippen LogP contribution in [0.5, 0.6) is 5.88 Å². The zero-order chi connectivity index (χ0) is 27.8. The second-order valence-electron chi connectivity index (χ2n) is 12.0. The van der Waals surface area contributed by atoms with Gasteiger partial charge in [-0.3, -0.25) is 0 Å². The molecule has 1 spiro atoms. The standard InChI is InChI=1S/C31H40N4O3S.ClH/c1-20(2)14-24(32-25-17-31(18-25)12-13-31)19-38-28-16-27(29-22(4)9-7-10-23(29)5)33-30(34-28)35-39(36,37)26-11-6-8-21(3)15-26;/h6-11,15-16,20,24-25,32H,12-14,17-19H2,1-5H3,(H,33,34,35);1H/t24-;/m1./s1. The molecule has 0 bridgehead atoms. The van der Waals surface area contributed by atoms with E-state index < -0.39 is 10.0 Å². The van der Waals surface area contributed by atoms with E-state index in [1.807, 2.05) is 51.1 Å². The summed E-state index contributed by atoms with van der Waals surface area (Å²) < 4.78 is 35.3. The molecule has 3 aromatic rings. The van der Waals surface area contributed by atoms with Crippen LogP contribution in [0.3, 0.4) is 0 Å². The molecule has 0 saturated heterocycles. The van der Waals surface area contributed by atoms with Gasteiger partial charge in [0.25, 0.3) is 10.0 Å². The Hall–Kier alpha value is -2.68. The van der Waals surface area contributed by atoms with E-state index in [2.05, 4.69) is 33.9 Å². The topological polar surface area (TPSA) is 93.2 Å². The Morgan fingerprint density at radius 2 is 1.68 bits per heavy atom. The zero-order valence-electron chi connectivity index (χ0n) is 24.0. The van der Waals surface area contributed by atoms with Crippen molar-refractivity contribution in [3.8, 4) is 17.1 Å². The van der Waals surface area contributed by atoms with Crippen LogP contribution in [0.2, 0.25) is 0 Å². The van der Waals surface area contributed by atoms with Gasteiger partial charge in [-0.1, -0.05) is 44.2 Å². The first kappa shape index (κ1) is 30.3. The summed E-state index contributed by atoms with van der Waals surface area (Å²) in [5, 5.41) is 3.81. The average Bonchev–Trinajstić information content (AvgIpc) is 3.63. The number of hydrogen-bond acceptors (Lipinski definition) is 6. The van der Waals surface area contributed by atoms with Crippen molar-refractivity contribution >= 4 is 28.4 Å². The van der Waals surface area contributed by atoms with Crippen molar-refractivity contribution in [3.63, 3.8) is 0 Å². The van der Waals surface area contributed by atoms with Crippen molar-refractivity contribution in [2.45, 2.75) is 83.7 Å². The Morgan fingerprint density at radius 3 is 2.30 bits per heavy atom. The highest BCUT2D eigenvalue weighted by Crippen LogP contribution is 2.60. The number of anilines is 1. The molecule has 2 saturated carbocycles. The zero-order valence-corrected chi connectivity index (χ0v) is 25.7. The van der Waals surface area contributed by atoms with Gasteiger partial charge in [0.05, 0.1) is 10.6 Å². The number of halogens is 1. The molecule has 40 heavy (non-hydrogen) atoms. The quantitative estimate of drug-likeness (QED) is 0.263. The summed E-state index contributed by atoms with van der Waals surface area (Å²) in [5.41, 5.74) is 5.16. The fraction of sp³-hybridized carbons (Fsp3) is 0.484. The summed E-state index contributed by atoms with van der Waals surface area (Å²) >= 11 is 0. The number of hydrogen-bond donors (Lipinski definition) is 2. The highest BCUT2D eigenvalue weighted by atomic mass is 35.5. The van der Waals surface area contributed by atoms with Crippen LogP contribution in [0.25, 0.3) is 11.3 Å². The van der Waals surface area contributed by atoms with Crippen molar-refractivity contribution in [2.75, 3.05) is 11.3 Å². The predicted molar refractivity (Wildman–Crippen MR) is 163 cm³/mol. The maximum atomic E-state index is 13.2. The molecule has 0 unspecified atom stereocenters. The first-order valence-electron chi connectivity index (χ1n) is 14.0. The van der Waals surface area contributed by atoms with E-state index in [1.54, 1.807) is 18.2 Å². The molecule has 1 atom stereocenters. The monoisotopic (exact) mass is 584 g/mol. The molecule has 0 radical (unpaired) electrons. The van der Waals surface area contributed by atoms with Gasteiger partial charge in [0, 0.05) is 23.7 Å². The second kappa shape index (κ2) is 12.0. The van der Waals surface area contributed by atoms with Crippen LogP contribution >= 0.6 is 12.4 Å². The fourth-order valence-corrected chi connectivity index (χ4v) is 6.86. The molecule has 0 amide bonds. The maximum absolute atomic E-state index is 13.2. The van der Waals surface area contributed by atoms with Gasteiger partial charge in [0.15, 0.2) is 0 Å². The SMILES string of the molecule is Cc1cccc(S(=O)(=O)Nc2nc(OC[C@@H](CC(C)C)NC3CC4(CC4)C3)cc(-c3c(C)cccc3C)n2)c1.Cl. The Balaban J connectivity index is 0.00000370. The van der Waals surface area contributed by atoms with Crippen LogP contribution in [0.15, 0.2) is 53.4 Å². The largest absolute Gasteiger partial charge is 0.476 e. The van der Waals surface area contributed by atoms with Gasteiger partial charge >= 0.3 is 0 Å². The van der Waals surface area contributed by atoms with Crippen LogP contribution in [-0.4, -0.2) is 37.1 Å². The van der Waals surface area contributed by atoms with E-state index in [-0.39, 0.29) is 29.3 Å². The normalized spacial score (nSPS) is 16.8. The van der Waals surface area contributed by atoms with E-state index in [0.29, 0.717) is 35.6 Å². The minimum atomic E-state index is -3.88. The number of aromatic nitrogens is 2. The molecule has 1 heterocycles. The Labute approximate surface area is 245 Å². The third-order valence-electron chi connectivity index (χ3n) is 7.94. The lowest BCUT2D eigenvalue weighted by Gasteiger charge is -2.39. The molecule has 9 heteroatoms. The molecule has 1 aromatic heterocycles. The molecule has 2 aliphatic carbocycles. The van der Waals surface area contributed by atoms with Crippen molar-refractivity contribution in [1.82, 2.24) is 15.3 Å². The number of aryl methyl sites for hydroxylation is 3. The summed E-state index contributed by atoms with van der Waals surface area (Å²) in [6.45, 7) is 10.8. The van der Waals surface area contributed by atoms with Gasteiger partial charge in [-0.05, 0) is 93.0 Å². The summed E-state index contributed by atoms with van der Waals surface area (Å²) in [4.78, 5) is 9.30. The molecule has 2 fully saturated rings. The highest BCUT2D eigenvalue weighted by molar-refractivity contribution is 7.92. The smallest absolute Gasteiger partial charge is 0.264 e. The van der Waals surface area contributed by atoms with Gasteiger partial charge in [-0.2, -0.15) is 4.98 Å². The van der Waals surface area contributed by atoms with Crippen LogP contribution in [-0.2, 0) is 10.0 Å². The van der Waals surface area contributed by atoms with Crippen molar-refractivity contribution in [1.29, 1.82) is 0 Å². The van der Waals surface area contributed by atoms with E-state index in [9.17, 15) is 8.42 Å². The average molecular weight is 585 g/mol. The van der Waals surface area contributed by atoms with Crippen LogP contribution in [0, 0.1) is 32.1 Å². The van der Waals surface area contributed by atoms with Crippen LogP contribution < -0.4 is 14.8 Å². The summed E-state index contributed by atoms with van der Waals surface area (Å²) in [7, 11) is -3.88. The lowest BCUT2D eigenvalue weighted by molar-refractivity contribution is 0.151. The maximum Gasteiger partial charge on any atom is 0.264 e. The van der Waals surface area contributed by atoms with Gasteiger partial charge in [-0.25, -0.2) is 18.1 Å². The van der Waals surface area contributed by atoms with Gasteiger partial charge in [-0.15, -0.1) is 12.4 Å². The van der Waals surface area contributed by atoms with Crippen molar-refractivity contribution in [2.24, 2.45) is 11.3 Å². The molecule has 2 N–H and O–H groups in total. The molecule has 2 aliphatic rings. The molecular weight excluding hydrogens is 544 g/mol. The van der Waals surface area contributed by atoms with Crippen LogP contribution in [0.1, 0.15) is 62.6 Å². The van der Waals surface area contributed by atoms with Gasteiger partial charge < -0.3 is 10.1 Å².